The molecule has 1 saturated heterocycles. The second-order valence-electron chi connectivity index (χ2n) is 5.40. The number of piperidine rings is 1. The third kappa shape index (κ3) is 4.20. The maximum absolute atomic E-state index is 10.7. The van der Waals surface area contributed by atoms with E-state index in [2.05, 4.69) is 22.1 Å². The molecule has 110 valence electrons. The zero-order valence-corrected chi connectivity index (χ0v) is 12.0. The number of hydrogen-bond acceptors (Lipinski definition) is 4. The molecule has 1 aliphatic heterocycles. The molecule has 1 aromatic rings. The van der Waals surface area contributed by atoms with Crippen LogP contribution in [0.2, 0.25) is 0 Å². The lowest BCUT2D eigenvalue weighted by molar-refractivity contribution is 0.0690. The number of anilines is 1. The fraction of sp³-hybridized carbons (Fsp3) is 0.600. The van der Waals surface area contributed by atoms with Gasteiger partial charge >= 0.3 is 5.97 Å². The highest BCUT2D eigenvalue weighted by Crippen LogP contribution is 2.16. The van der Waals surface area contributed by atoms with Crippen molar-refractivity contribution in [3.8, 4) is 0 Å². The van der Waals surface area contributed by atoms with Gasteiger partial charge in [-0.15, -0.1) is 0 Å². The van der Waals surface area contributed by atoms with Crippen LogP contribution in [0.25, 0.3) is 0 Å². The average Bonchev–Trinajstić information content (AvgIpc) is 2.46. The molecule has 0 aliphatic carbocycles. The van der Waals surface area contributed by atoms with Crippen molar-refractivity contribution in [2.75, 3.05) is 25.0 Å². The van der Waals surface area contributed by atoms with Crippen LogP contribution >= 0.6 is 0 Å². The normalized spacial score (nSPS) is 19.8. The molecule has 0 spiro atoms. The molecule has 1 aliphatic rings. The molecule has 1 atom stereocenters. The second-order valence-corrected chi connectivity index (χ2v) is 5.40. The van der Waals surface area contributed by atoms with Crippen LogP contribution in [0, 0.1) is 0 Å². The lowest BCUT2D eigenvalue weighted by atomic mass is 10.0. The predicted octanol–water partition coefficient (Wildman–Crippen LogP) is 2.46. The van der Waals surface area contributed by atoms with E-state index in [1.807, 2.05) is 0 Å². The van der Waals surface area contributed by atoms with Gasteiger partial charge in [-0.05, 0) is 44.9 Å². The minimum absolute atomic E-state index is 0.0812. The van der Waals surface area contributed by atoms with Crippen LogP contribution in [0.1, 0.15) is 43.1 Å². The molecule has 5 heteroatoms. The molecule has 2 rings (SSSR count). The highest BCUT2D eigenvalue weighted by molar-refractivity contribution is 5.85. The van der Waals surface area contributed by atoms with Gasteiger partial charge in [0.05, 0.1) is 11.9 Å². The molecule has 2 heterocycles. The fourth-order valence-electron chi connectivity index (χ4n) is 2.63. The van der Waals surface area contributed by atoms with Crippen molar-refractivity contribution in [3.63, 3.8) is 0 Å². The molecule has 0 amide bonds. The number of pyridine rings is 1. The molecule has 1 fully saturated rings. The van der Waals surface area contributed by atoms with E-state index >= 15 is 0 Å². The molecule has 1 aromatic heterocycles. The minimum atomic E-state index is -0.990. The summed E-state index contributed by atoms with van der Waals surface area (Å²) in [4.78, 5) is 17.1. The highest BCUT2D eigenvalue weighted by Gasteiger charge is 2.16. The van der Waals surface area contributed by atoms with Gasteiger partial charge in [-0.2, -0.15) is 0 Å². The van der Waals surface area contributed by atoms with Crippen LogP contribution in [0.4, 0.5) is 5.69 Å². The van der Waals surface area contributed by atoms with Crippen LogP contribution in [-0.2, 0) is 0 Å². The topological polar surface area (TPSA) is 65.5 Å². The van der Waals surface area contributed by atoms with Gasteiger partial charge in [0.25, 0.3) is 0 Å². The Hall–Kier alpha value is -1.62. The summed E-state index contributed by atoms with van der Waals surface area (Å²) in [6, 6.07) is 4.00. The summed E-state index contributed by atoms with van der Waals surface area (Å²) in [5.74, 6) is -0.990. The molecule has 0 aromatic carbocycles. The Labute approximate surface area is 120 Å². The van der Waals surface area contributed by atoms with Gasteiger partial charge in [0.1, 0.15) is 5.69 Å². The van der Waals surface area contributed by atoms with Gasteiger partial charge in [-0.25, -0.2) is 9.78 Å². The van der Waals surface area contributed by atoms with E-state index in [1.54, 1.807) is 12.3 Å². The van der Waals surface area contributed by atoms with Crippen LogP contribution < -0.4 is 5.32 Å². The molecular formula is C15H23N3O2. The molecule has 5 nitrogen and oxygen atoms in total. The molecule has 0 radical (unpaired) electrons. The van der Waals surface area contributed by atoms with E-state index in [9.17, 15) is 4.79 Å². The van der Waals surface area contributed by atoms with Crippen LogP contribution in [0.15, 0.2) is 18.3 Å². The SMILES string of the molecule is CC1CCCCN1CCCNc1ccc(C(=O)O)nc1. The first-order chi connectivity index (χ1) is 9.66. The number of nitrogens with zero attached hydrogens (tertiary/aromatic N) is 2. The largest absolute Gasteiger partial charge is 0.477 e. The number of carbonyl (C=O) groups is 1. The van der Waals surface area contributed by atoms with E-state index in [0.29, 0.717) is 6.04 Å². The quantitative estimate of drug-likeness (QED) is 0.782. The Balaban J connectivity index is 1.69. The van der Waals surface area contributed by atoms with Crippen molar-refractivity contribution >= 4 is 11.7 Å². The smallest absolute Gasteiger partial charge is 0.354 e. The number of carboxylic acid groups (broad SMARTS) is 1. The summed E-state index contributed by atoms with van der Waals surface area (Å²) in [6.07, 6.45) is 6.65. The zero-order chi connectivity index (χ0) is 14.4. The highest BCUT2D eigenvalue weighted by atomic mass is 16.4. The Morgan fingerprint density at radius 2 is 2.35 bits per heavy atom. The van der Waals surface area contributed by atoms with Crippen LogP contribution in [-0.4, -0.2) is 46.6 Å². The van der Waals surface area contributed by atoms with Crippen molar-refractivity contribution in [1.82, 2.24) is 9.88 Å². The van der Waals surface area contributed by atoms with E-state index < -0.39 is 5.97 Å². The van der Waals surface area contributed by atoms with E-state index in [1.165, 1.54) is 31.9 Å². The third-order valence-corrected chi connectivity index (χ3v) is 3.87. The number of carboxylic acids is 1. The van der Waals surface area contributed by atoms with E-state index in [0.717, 1.165) is 25.2 Å². The summed E-state index contributed by atoms with van der Waals surface area (Å²) >= 11 is 0. The third-order valence-electron chi connectivity index (χ3n) is 3.87. The summed E-state index contributed by atoms with van der Waals surface area (Å²) in [7, 11) is 0. The summed E-state index contributed by atoms with van der Waals surface area (Å²) in [5, 5.41) is 12.1. The molecule has 0 bridgehead atoms. The second kappa shape index (κ2) is 7.24. The monoisotopic (exact) mass is 277 g/mol. The van der Waals surface area contributed by atoms with E-state index in [4.69, 9.17) is 5.11 Å². The molecule has 1 unspecified atom stereocenters. The van der Waals surface area contributed by atoms with Crippen molar-refractivity contribution in [2.24, 2.45) is 0 Å². The van der Waals surface area contributed by atoms with Crippen molar-refractivity contribution < 1.29 is 9.90 Å². The molecule has 0 saturated carbocycles. The number of rotatable bonds is 6. The molecule has 2 N–H and O–H groups in total. The Kier molecular flexibility index (Phi) is 5.35. The number of likely N-dealkylation sites (tertiary alicyclic amines) is 1. The summed E-state index contributed by atoms with van der Waals surface area (Å²) in [6.45, 7) is 5.53. The first-order valence-electron chi connectivity index (χ1n) is 7.34. The van der Waals surface area contributed by atoms with Crippen molar-refractivity contribution in [3.05, 3.63) is 24.0 Å². The van der Waals surface area contributed by atoms with E-state index in [-0.39, 0.29) is 5.69 Å². The van der Waals surface area contributed by atoms with Gasteiger partial charge in [-0.3, -0.25) is 0 Å². The summed E-state index contributed by atoms with van der Waals surface area (Å²) in [5.41, 5.74) is 0.958. The average molecular weight is 277 g/mol. The van der Waals surface area contributed by atoms with Crippen LogP contribution in [0.3, 0.4) is 0 Å². The summed E-state index contributed by atoms with van der Waals surface area (Å²) < 4.78 is 0. The Bertz CT molecular complexity index is 433. The maximum Gasteiger partial charge on any atom is 0.354 e. The number of nitrogens with one attached hydrogen (secondary N) is 1. The van der Waals surface area contributed by atoms with Gasteiger partial charge in [0.2, 0.25) is 0 Å². The Morgan fingerprint density at radius 3 is 3.00 bits per heavy atom. The molecular weight excluding hydrogens is 254 g/mol. The first kappa shape index (κ1) is 14.8. The maximum atomic E-state index is 10.7. The number of hydrogen-bond donors (Lipinski definition) is 2. The van der Waals surface area contributed by atoms with Crippen LogP contribution in [0.5, 0.6) is 0 Å². The first-order valence-corrected chi connectivity index (χ1v) is 7.34. The fourth-order valence-corrected chi connectivity index (χ4v) is 2.63. The van der Waals surface area contributed by atoms with Gasteiger partial charge < -0.3 is 15.3 Å². The predicted molar refractivity (Wildman–Crippen MR) is 79.2 cm³/mol. The lowest BCUT2D eigenvalue weighted by Crippen LogP contribution is -2.38. The minimum Gasteiger partial charge on any atom is -0.477 e. The van der Waals surface area contributed by atoms with Gasteiger partial charge in [0.15, 0.2) is 0 Å². The van der Waals surface area contributed by atoms with Crippen molar-refractivity contribution in [1.29, 1.82) is 0 Å². The number of aromatic nitrogens is 1. The standard InChI is InChI=1S/C15H23N3O2/c1-12-5-2-3-9-18(12)10-4-8-16-13-6-7-14(15(19)20)17-11-13/h6-7,11-12,16H,2-5,8-10H2,1H3,(H,19,20). The lowest BCUT2D eigenvalue weighted by Gasteiger charge is -2.33. The number of aromatic carboxylic acids is 1. The molecule has 20 heavy (non-hydrogen) atoms. The Morgan fingerprint density at radius 1 is 1.50 bits per heavy atom. The van der Waals surface area contributed by atoms with Gasteiger partial charge in [0, 0.05) is 19.1 Å². The zero-order valence-electron chi connectivity index (χ0n) is 12.0. The van der Waals surface area contributed by atoms with Gasteiger partial charge in [-0.1, -0.05) is 6.42 Å². The van der Waals surface area contributed by atoms with Crippen molar-refractivity contribution in [2.45, 2.75) is 38.6 Å².